The Hall–Kier alpha value is -4.39. The zero-order valence-corrected chi connectivity index (χ0v) is 38.9. The highest BCUT2D eigenvalue weighted by Gasteiger charge is 2.19. The van der Waals surface area contributed by atoms with Crippen LogP contribution in [0.25, 0.3) is 44.3 Å². The average molecular weight is 933 g/mol. The van der Waals surface area contributed by atoms with E-state index in [0.717, 1.165) is 110 Å². The van der Waals surface area contributed by atoms with E-state index in [1.165, 1.54) is 19.3 Å². The smallest absolute Gasteiger partial charge is 0.410 e. The molecule has 1 amide bonds. The van der Waals surface area contributed by atoms with Crippen LogP contribution in [0, 0.1) is 0 Å². The molecule has 0 aliphatic heterocycles. The van der Waals surface area contributed by atoms with E-state index >= 15 is 0 Å². The maximum absolute atomic E-state index is 12.0. The highest BCUT2D eigenvalue weighted by molar-refractivity contribution is 9.10. The highest BCUT2D eigenvalue weighted by atomic mass is 79.9. The van der Waals surface area contributed by atoms with Crippen LogP contribution in [0.4, 0.5) is 4.79 Å². The van der Waals surface area contributed by atoms with Gasteiger partial charge in [-0.05, 0) is 145 Å². The number of carbonyl (C=O) groups excluding carboxylic acids is 1. The Morgan fingerprint density at radius 2 is 1.10 bits per heavy atom. The standard InChI is InChI=1S/C26H34BrN3O3.C21H26BrN3O/c1-26(2,3)33-25(31)29(4)16-8-6-7-9-17-32-21-13-10-19(11-14-21)24-22-15-12-20(27)18-23(22)30(5)28-24;1-23-13-5-3-4-6-14-26-18-10-7-16(8-11-18)21-19-12-9-17(22)15-20(19)25(2)24-21/h10-15,18H,6-9,16-17H2,1-5H3;7-12,15,23H,3-6,13-14H2,1-2H3. The number of hydrogen-bond donors (Lipinski definition) is 1. The molecule has 0 aliphatic rings. The van der Waals surface area contributed by atoms with Crippen molar-refractivity contribution < 1.29 is 19.0 Å². The Labute approximate surface area is 366 Å². The number of fused-ring (bicyclic) bond motifs is 2. The molecule has 0 bridgehead atoms. The largest absolute Gasteiger partial charge is 0.494 e. The lowest BCUT2D eigenvalue weighted by atomic mass is 10.1. The number of nitrogens with one attached hydrogen (secondary N) is 1. The van der Waals surface area contributed by atoms with Gasteiger partial charge in [-0.25, -0.2) is 4.79 Å². The summed E-state index contributed by atoms with van der Waals surface area (Å²) in [6.07, 6.45) is 8.61. The Kier molecular flexibility index (Phi) is 17.3. The third-order valence-corrected chi connectivity index (χ3v) is 10.8. The predicted molar refractivity (Wildman–Crippen MR) is 248 cm³/mol. The van der Waals surface area contributed by atoms with Gasteiger partial charge in [-0.1, -0.05) is 57.5 Å². The normalized spacial score (nSPS) is 11.4. The SMILES string of the molecule is CN(CCCCCCOc1ccc(-c2nn(C)c3cc(Br)ccc23)cc1)C(=O)OC(C)(C)C.CNCCCCCCOc1ccc(-c2nn(C)c3cc(Br)ccc23)cc1. The van der Waals surface area contributed by atoms with Crippen LogP contribution >= 0.6 is 31.9 Å². The third kappa shape index (κ3) is 13.8. The maximum atomic E-state index is 12.0. The van der Waals surface area contributed by atoms with E-state index < -0.39 is 5.60 Å². The van der Waals surface area contributed by atoms with Gasteiger partial charge in [0.15, 0.2) is 0 Å². The van der Waals surface area contributed by atoms with E-state index in [1.54, 1.807) is 11.9 Å². The Balaban J connectivity index is 0.000000230. The molecular formula is C47H60Br2N6O4. The summed E-state index contributed by atoms with van der Waals surface area (Å²) in [7, 11) is 7.73. The number of ether oxygens (including phenoxy) is 3. The molecule has 0 fully saturated rings. The second kappa shape index (κ2) is 22.3. The molecular weight excluding hydrogens is 872 g/mol. The van der Waals surface area contributed by atoms with Gasteiger partial charge in [0.2, 0.25) is 0 Å². The number of rotatable bonds is 18. The maximum Gasteiger partial charge on any atom is 0.410 e. The quantitative estimate of drug-likeness (QED) is 0.0858. The number of hydrogen-bond acceptors (Lipinski definition) is 7. The van der Waals surface area contributed by atoms with E-state index in [2.05, 4.69) is 91.8 Å². The van der Waals surface area contributed by atoms with Crippen molar-refractivity contribution in [3.8, 4) is 34.0 Å². The number of halogens is 2. The number of aryl methyl sites for hydroxylation is 2. The van der Waals surface area contributed by atoms with E-state index in [1.807, 2.05) is 81.6 Å². The van der Waals surface area contributed by atoms with E-state index in [-0.39, 0.29) is 6.09 Å². The van der Waals surface area contributed by atoms with Gasteiger partial charge in [0, 0.05) is 58.5 Å². The third-order valence-electron chi connectivity index (χ3n) is 9.83. The molecule has 0 radical (unpaired) electrons. The topological polar surface area (TPSA) is 95.7 Å². The average Bonchev–Trinajstić information content (AvgIpc) is 3.71. The second-order valence-electron chi connectivity index (χ2n) is 15.8. The fourth-order valence-electron chi connectivity index (χ4n) is 6.68. The van der Waals surface area contributed by atoms with Crippen molar-refractivity contribution >= 4 is 59.8 Å². The lowest BCUT2D eigenvalue weighted by molar-refractivity contribution is 0.0296. The van der Waals surface area contributed by atoms with Crippen LogP contribution in [0.5, 0.6) is 11.5 Å². The van der Waals surface area contributed by atoms with Crippen LogP contribution in [0.2, 0.25) is 0 Å². The molecule has 0 saturated carbocycles. The molecule has 2 heterocycles. The number of benzene rings is 4. The van der Waals surface area contributed by atoms with Crippen molar-refractivity contribution in [3.63, 3.8) is 0 Å². The van der Waals surface area contributed by atoms with E-state index in [9.17, 15) is 4.79 Å². The van der Waals surface area contributed by atoms with Crippen LogP contribution in [0.3, 0.4) is 0 Å². The van der Waals surface area contributed by atoms with Crippen LogP contribution in [-0.4, -0.2) is 76.6 Å². The molecule has 0 spiro atoms. The van der Waals surface area contributed by atoms with Crippen molar-refractivity contribution in [1.29, 1.82) is 0 Å². The highest BCUT2D eigenvalue weighted by Crippen LogP contribution is 2.32. The zero-order valence-electron chi connectivity index (χ0n) is 35.7. The van der Waals surface area contributed by atoms with Crippen LogP contribution in [-0.2, 0) is 18.8 Å². The fourth-order valence-corrected chi connectivity index (χ4v) is 7.38. The number of unbranched alkanes of at least 4 members (excludes halogenated alkanes) is 6. The minimum atomic E-state index is -0.455. The number of amides is 1. The molecule has 0 aliphatic carbocycles. The van der Waals surface area contributed by atoms with E-state index in [4.69, 9.17) is 24.4 Å². The van der Waals surface area contributed by atoms with Gasteiger partial charge in [0.25, 0.3) is 0 Å². The van der Waals surface area contributed by atoms with Crippen molar-refractivity contribution in [2.45, 2.75) is 77.7 Å². The van der Waals surface area contributed by atoms with Gasteiger partial charge in [0.05, 0.1) is 24.2 Å². The molecule has 0 atom stereocenters. The predicted octanol–water partition coefficient (Wildman–Crippen LogP) is 12.0. The molecule has 4 aromatic carbocycles. The molecule has 59 heavy (non-hydrogen) atoms. The lowest BCUT2D eigenvalue weighted by Crippen LogP contribution is -2.34. The summed E-state index contributed by atoms with van der Waals surface area (Å²) in [6.45, 7) is 8.91. The molecule has 0 unspecified atom stereocenters. The molecule has 316 valence electrons. The van der Waals surface area contributed by atoms with Crippen molar-refractivity contribution in [2.24, 2.45) is 14.1 Å². The van der Waals surface area contributed by atoms with Gasteiger partial charge < -0.3 is 24.4 Å². The van der Waals surface area contributed by atoms with Crippen molar-refractivity contribution in [3.05, 3.63) is 93.9 Å². The molecule has 1 N–H and O–H groups in total. The second-order valence-corrected chi connectivity index (χ2v) is 17.7. The number of nitrogens with zero attached hydrogens (tertiary/aromatic N) is 5. The first-order valence-electron chi connectivity index (χ1n) is 20.6. The van der Waals surface area contributed by atoms with Gasteiger partial charge in [-0.15, -0.1) is 0 Å². The summed E-state index contributed by atoms with van der Waals surface area (Å²) in [6, 6.07) is 28.9. The summed E-state index contributed by atoms with van der Waals surface area (Å²) < 4.78 is 23.1. The Bertz CT molecular complexity index is 2230. The molecule has 2 aromatic heterocycles. The summed E-state index contributed by atoms with van der Waals surface area (Å²) in [5.41, 5.74) is 5.92. The first-order chi connectivity index (χ1) is 28.3. The van der Waals surface area contributed by atoms with Crippen molar-refractivity contribution in [1.82, 2.24) is 29.8 Å². The Morgan fingerprint density at radius 3 is 1.54 bits per heavy atom. The molecule has 6 rings (SSSR count). The summed E-state index contributed by atoms with van der Waals surface area (Å²) >= 11 is 7.06. The summed E-state index contributed by atoms with van der Waals surface area (Å²) in [5.74, 6) is 1.79. The van der Waals surface area contributed by atoms with Crippen LogP contribution in [0.15, 0.2) is 93.9 Å². The minimum absolute atomic E-state index is 0.263. The van der Waals surface area contributed by atoms with Gasteiger partial charge in [0.1, 0.15) is 28.5 Å². The molecule has 6 aromatic rings. The van der Waals surface area contributed by atoms with E-state index in [0.29, 0.717) is 13.2 Å². The number of carbonyl (C=O) groups is 1. The fraction of sp³-hybridized carbons (Fsp3) is 0.426. The first-order valence-corrected chi connectivity index (χ1v) is 22.2. The zero-order chi connectivity index (χ0) is 42.4. The van der Waals surface area contributed by atoms with Gasteiger partial charge >= 0.3 is 6.09 Å². The first kappa shape index (κ1) is 45.7. The lowest BCUT2D eigenvalue weighted by Gasteiger charge is -2.24. The summed E-state index contributed by atoms with van der Waals surface area (Å²) in [4.78, 5) is 13.6. The van der Waals surface area contributed by atoms with Crippen molar-refractivity contribution in [2.75, 3.05) is 40.4 Å². The van der Waals surface area contributed by atoms with Gasteiger partial charge in [-0.3, -0.25) is 9.36 Å². The monoisotopic (exact) mass is 930 g/mol. The minimum Gasteiger partial charge on any atom is -0.494 e. The summed E-state index contributed by atoms with van der Waals surface area (Å²) in [5, 5.41) is 14.9. The van der Waals surface area contributed by atoms with Gasteiger partial charge in [-0.2, -0.15) is 10.2 Å². The number of aromatic nitrogens is 4. The molecule has 10 nitrogen and oxygen atoms in total. The molecule has 12 heteroatoms. The van der Waals surface area contributed by atoms with Crippen LogP contribution < -0.4 is 14.8 Å². The van der Waals surface area contributed by atoms with Crippen LogP contribution in [0.1, 0.15) is 72.1 Å². The molecule has 0 saturated heterocycles. The Morgan fingerprint density at radius 1 is 0.661 bits per heavy atom.